The average molecular weight is 404 g/mol. The number of hydrogen-bond acceptors (Lipinski definition) is 3. The average Bonchev–Trinajstić information content (AvgIpc) is 2.98. The van der Waals surface area contributed by atoms with Gasteiger partial charge in [-0.2, -0.15) is 8.42 Å². The first kappa shape index (κ1) is 18.6. The highest BCUT2D eigenvalue weighted by atomic mass is 35.5. The number of furan rings is 1. The second-order valence-electron chi connectivity index (χ2n) is 6.90. The Labute approximate surface area is 159 Å². The zero-order chi connectivity index (χ0) is 18.9. The van der Waals surface area contributed by atoms with Crippen LogP contribution in [0, 0.1) is 11.5 Å². The van der Waals surface area contributed by atoms with E-state index in [0.717, 1.165) is 5.39 Å². The Hall–Kier alpha value is -2.20. The Balaban J connectivity index is 2.01. The van der Waals surface area contributed by atoms with Gasteiger partial charge in [-0.25, -0.2) is 0 Å². The number of nitrogens with one attached hydrogen (secondary N) is 1. The van der Waals surface area contributed by atoms with Crippen molar-refractivity contribution in [2.75, 3.05) is 4.72 Å². The predicted molar refractivity (Wildman–Crippen MR) is 109 cm³/mol. The summed E-state index contributed by atoms with van der Waals surface area (Å²) in [6, 6.07) is 13.6. The minimum absolute atomic E-state index is 0.150. The monoisotopic (exact) mass is 403 g/mol. The number of anilines is 1. The van der Waals surface area contributed by atoms with Crippen LogP contribution in [0.4, 0.5) is 5.69 Å². The molecule has 0 saturated carbocycles. The van der Waals surface area contributed by atoms with Crippen LogP contribution in [0.15, 0.2) is 58.0 Å². The summed E-state index contributed by atoms with van der Waals surface area (Å²) < 4.78 is 33.5. The minimum Gasteiger partial charge on any atom is -0.443 e. The van der Waals surface area contributed by atoms with E-state index in [-0.39, 0.29) is 5.09 Å². The first-order chi connectivity index (χ1) is 12.1. The molecule has 4 nitrogen and oxygen atoms in total. The first-order valence-electron chi connectivity index (χ1n) is 7.98. The Bertz CT molecular complexity index is 1100. The second kappa shape index (κ2) is 6.84. The molecule has 3 rings (SSSR count). The molecule has 1 N–H and O–H groups in total. The maximum absolute atomic E-state index is 12.7. The molecule has 0 amide bonds. The number of fused-ring (bicyclic) bond motifs is 1. The molecule has 0 fully saturated rings. The first-order valence-corrected chi connectivity index (χ1v) is 13.3. The fraction of sp³-hybridized carbons (Fsp3) is 0.158. The minimum atomic E-state index is -3.90. The van der Waals surface area contributed by atoms with Gasteiger partial charge >= 0.3 is 0 Å². The van der Waals surface area contributed by atoms with Gasteiger partial charge in [0.2, 0.25) is 5.09 Å². The Morgan fingerprint density at radius 3 is 2.50 bits per heavy atom. The van der Waals surface area contributed by atoms with Gasteiger partial charge in [-0.3, -0.25) is 4.72 Å². The van der Waals surface area contributed by atoms with Crippen molar-refractivity contribution in [3.8, 4) is 11.5 Å². The molecule has 0 aliphatic rings. The summed E-state index contributed by atoms with van der Waals surface area (Å²) in [5.41, 5.74) is 4.66. The zero-order valence-electron chi connectivity index (χ0n) is 14.6. The number of hydrogen-bond donors (Lipinski definition) is 1. The van der Waals surface area contributed by atoms with Crippen LogP contribution in [0.5, 0.6) is 0 Å². The molecule has 0 unspecified atom stereocenters. The van der Waals surface area contributed by atoms with Crippen LogP contribution >= 0.6 is 11.6 Å². The van der Waals surface area contributed by atoms with E-state index in [1.165, 1.54) is 6.07 Å². The topological polar surface area (TPSA) is 59.3 Å². The lowest BCUT2D eigenvalue weighted by molar-refractivity contribution is 0.484. The van der Waals surface area contributed by atoms with Crippen LogP contribution in [0.3, 0.4) is 0 Å². The van der Waals surface area contributed by atoms with Gasteiger partial charge in [0.1, 0.15) is 13.7 Å². The Kier molecular flexibility index (Phi) is 4.89. The number of para-hydroxylation sites is 1. The van der Waals surface area contributed by atoms with Crippen LogP contribution in [0.25, 0.3) is 11.0 Å². The van der Waals surface area contributed by atoms with E-state index in [9.17, 15) is 8.42 Å². The van der Waals surface area contributed by atoms with Crippen LogP contribution in [-0.2, 0) is 10.0 Å². The molecule has 0 saturated heterocycles. The lowest BCUT2D eigenvalue weighted by Crippen LogP contribution is -2.16. The summed E-state index contributed by atoms with van der Waals surface area (Å²) in [5.74, 6) is 3.08. The summed E-state index contributed by atoms with van der Waals surface area (Å²) in [6.45, 7) is 6.36. The summed E-state index contributed by atoms with van der Waals surface area (Å²) in [5, 5.41) is 0.992. The molecule has 0 radical (unpaired) electrons. The molecular formula is C19H18ClNO3SSi. The zero-order valence-corrected chi connectivity index (χ0v) is 17.2. The summed E-state index contributed by atoms with van der Waals surface area (Å²) in [7, 11) is -5.51. The SMILES string of the molecule is C[Si](C)(C)C#Cc1ccc(Cl)cc1NS(=O)(=O)c1cc2ccccc2o1. The molecule has 1 heterocycles. The normalized spacial score (nSPS) is 11.8. The Morgan fingerprint density at radius 1 is 1.08 bits per heavy atom. The van der Waals surface area contributed by atoms with Gasteiger partial charge in [-0.15, -0.1) is 5.54 Å². The van der Waals surface area contributed by atoms with Gasteiger partial charge in [-0.1, -0.05) is 55.4 Å². The van der Waals surface area contributed by atoms with Gasteiger partial charge in [0.15, 0.2) is 0 Å². The number of sulfonamides is 1. The van der Waals surface area contributed by atoms with Crippen molar-refractivity contribution in [2.24, 2.45) is 0 Å². The second-order valence-corrected chi connectivity index (χ2v) is 13.7. The van der Waals surface area contributed by atoms with Crippen molar-refractivity contribution >= 4 is 46.4 Å². The number of benzene rings is 2. The molecule has 0 bridgehead atoms. The third-order valence-electron chi connectivity index (χ3n) is 3.47. The van der Waals surface area contributed by atoms with E-state index in [1.807, 2.05) is 6.07 Å². The summed E-state index contributed by atoms with van der Waals surface area (Å²) in [6.07, 6.45) is 0. The molecule has 0 aliphatic heterocycles. The maximum atomic E-state index is 12.7. The van der Waals surface area contributed by atoms with Crippen molar-refractivity contribution in [3.05, 3.63) is 59.1 Å². The van der Waals surface area contributed by atoms with Crippen LogP contribution < -0.4 is 4.72 Å². The molecule has 7 heteroatoms. The van der Waals surface area contributed by atoms with Crippen LogP contribution in [0.1, 0.15) is 5.56 Å². The van der Waals surface area contributed by atoms with Crippen LogP contribution in [0.2, 0.25) is 24.7 Å². The van der Waals surface area contributed by atoms with E-state index in [1.54, 1.807) is 36.4 Å². The lowest BCUT2D eigenvalue weighted by Gasteiger charge is -2.09. The highest BCUT2D eigenvalue weighted by Crippen LogP contribution is 2.27. The lowest BCUT2D eigenvalue weighted by atomic mass is 10.2. The highest BCUT2D eigenvalue weighted by molar-refractivity contribution is 7.92. The van der Waals surface area contributed by atoms with Gasteiger partial charge in [0, 0.05) is 22.0 Å². The van der Waals surface area contributed by atoms with Gasteiger partial charge in [0.05, 0.1) is 5.69 Å². The molecule has 0 spiro atoms. The number of rotatable bonds is 3. The number of halogens is 1. The van der Waals surface area contributed by atoms with Crippen molar-refractivity contribution in [2.45, 2.75) is 24.7 Å². The fourth-order valence-electron chi connectivity index (χ4n) is 2.25. The third-order valence-corrected chi connectivity index (χ3v) is 5.80. The molecular weight excluding hydrogens is 386 g/mol. The van der Waals surface area contributed by atoms with Crippen molar-refractivity contribution in [1.29, 1.82) is 0 Å². The Morgan fingerprint density at radius 2 is 1.81 bits per heavy atom. The van der Waals surface area contributed by atoms with Crippen molar-refractivity contribution < 1.29 is 12.8 Å². The van der Waals surface area contributed by atoms with E-state index in [4.69, 9.17) is 16.0 Å². The van der Waals surface area contributed by atoms with Gasteiger partial charge < -0.3 is 4.42 Å². The van der Waals surface area contributed by atoms with E-state index < -0.39 is 18.1 Å². The van der Waals surface area contributed by atoms with Gasteiger partial charge in [0.25, 0.3) is 10.0 Å². The van der Waals surface area contributed by atoms with E-state index in [0.29, 0.717) is 21.9 Å². The third kappa shape index (κ3) is 4.30. The van der Waals surface area contributed by atoms with Gasteiger partial charge in [-0.05, 0) is 24.3 Å². The van der Waals surface area contributed by atoms with Crippen molar-refractivity contribution in [1.82, 2.24) is 0 Å². The molecule has 134 valence electrons. The molecule has 26 heavy (non-hydrogen) atoms. The van der Waals surface area contributed by atoms with Crippen LogP contribution in [-0.4, -0.2) is 16.5 Å². The molecule has 2 aromatic carbocycles. The molecule has 0 aliphatic carbocycles. The fourth-order valence-corrected chi connectivity index (χ4v) is 3.97. The largest absolute Gasteiger partial charge is 0.443 e. The maximum Gasteiger partial charge on any atom is 0.295 e. The summed E-state index contributed by atoms with van der Waals surface area (Å²) >= 11 is 6.05. The quantitative estimate of drug-likeness (QED) is 0.488. The highest BCUT2D eigenvalue weighted by Gasteiger charge is 2.21. The van der Waals surface area contributed by atoms with E-state index >= 15 is 0 Å². The van der Waals surface area contributed by atoms with E-state index in [2.05, 4.69) is 35.8 Å². The molecule has 1 aromatic heterocycles. The standard InChI is InChI=1S/C19H18ClNO3SSi/c1-26(2,3)11-10-14-8-9-16(20)13-17(14)21-25(22,23)19-12-15-6-4-5-7-18(15)24-19/h4-9,12-13,21H,1-3H3. The smallest absolute Gasteiger partial charge is 0.295 e. The summed E-state index contributed by atoms with van der Waals surface area (Å²) in [4.78, 5) is 0. The molecule has 0 atom stereocenters. The van der Waals surface area contributed by atoms with Crippen molar-refractivity contribution in [3.63, 3.8) is 0 Å². The molecule has 3 aromatic rings. The predicted octanol–water partition coefficient (Wildman–Crippen LogP) is 5.12.